The van der Waals surface area contributed by atoms with Gasteiger partial charge in [-0.3, -0.25) is 20.3 Å². The normalized spacial score (nSPS) is 27.0. The minimum atomic E-state index is -1.58. The van der Waals surface area contributed by atoms with E-state index in [1.54, 1.807) is 0 Å². The molecule has 0 bridgehead atoms. The van der Waals surface area contributed by atoms with Crippen molar-refractivity contribution in [1.29, 1.82) is 0 Å². The van der Waals surface area contributed by atoms with Crippen LogP contribution in [0.3, 0.4) is 0 Å². The third kappa shape index (κ3) is 1.10. The van der Waals surface area contributed by atoms with Gasteiger partial charge in [0.15, 0.2) is 0 Å². The zero-order valence-electron chi connectivity index (χ0n) is 6.15. The van der Waals surface area contributed by atoms with Crippen LogP contribution in [-0.4, -0.2) is 21.0 Å². The predicted molar refractivity (Wildman–Crippen MR) is 40.8 cm³/mol. The van der Waals surface area contributed by atoms with E-state index in [2.05, 4.69) is 5.43 Å². The lowest BCUT2D eigenvalue weighted by atomic mass is 10.2. The van der Waals surface area contributed by atoms with Crippen LogP contribution in [0.15, 0.2) is 12.3 Å². The van der Waals surface area contributed by atoms with Gasteiger partial charge in [-0.15, -0.1) is 0 Å². The van der Waals surface area contributed by atoms with Gasteiger partial charge in [0.25, 0.3) is 0 Å². The highest BCUT2D eigenvalue weighted by molar-refractivity contribution is 6.62. The number of hydrogen-bond donors (Lipinski definition) is 1. The van der Waals surface area contributed by atoms with Crippen molar-refractivity contribution < 1.29 is 9.72 Å². The van der Waals surface area contributed by atoms with Crippen molar-refractivity contribution in [2.24, 2.45) is 0 Å². The van der Waals surface area contributed by atoms with Crippen molar-refractivity contribution in [2.45, 2.75) is 12.6 Å². The number of nitrogens with one attached hydrogen (secondary N) is 1. The van der Waals surface area contributed by atoms with Crippen molar-refractivity contribution in [2.75, 3.05) is 0 Å². The molecule has 1 aliphatic rings. The fourth-order valence-corrected chi connectivity index (χ4v) is 1.07. The second kappa shape index (κ2) is 2.63. The molecule has 0 aromatic rings. The summed E-state index contributed by atoms with van der Waals surface area (Å²) in [6.45, 7) is 1.27. The first-order valence-corrected chi connectivity index (χ1v) is 3.44. The van der Waals surface area contributed by atoms with Crippen molar-refractivity contribution in [3.63, 3.8) is 0 Å². The van der Waals surface area contributed by atoms with Crippen LogP contribution in [-0.2, 0) is 0 Å². The number of carbonyl (C=O) groups excluding carboxylic acids is 1. The first-order chi connectivity index (χ1) is 5.48. The second-order valence-corrected chi connectivity index (χ2v) is 2.73. The summed E-state index contributed by atoms with van der Waals surface area (Å²) < 4.78 is 0. The van der Waals surface area contributed by atoms with Gasteiger partial charge in [-0.25, -0.2) is 0 Å². The first-order valence-electron chi connectivity index (χ1n) is 3.06. The molecule has 1 N–H and O–H groups in total. The van der Waals surface area contributed by atoms with E-state index >= 15 is 0 Å². The monoisotopic (exact) mass is 191 g/mol. The second-order valence-electron chi connectivity index (χ2n) is 2.40. The van der Waals surface area contributed by atoms with E-state index in [1.807, 2.05) is 0 Å². The summed E-state index contributed by atoms with van der Waals surface area (Å²) in [5, 5.41) is 10.3. The number of nitrogens with zero attached hydrogens (tertiary/aromatic N) is 2. The maximum Gasteiger partial charge on any atom is 0.341 e. The molecule has 0 fully saturated rings. The van der Waals surface area contributed by atoms with Crippen LogP contribution >= 0.6 is 11.6 Å². The minimum Gasteiger partial charge on any atom is -0.296 e. The fourth-order valence-electron chi connectivity index (χ4n) is 0.846. The molecule has 0 spiro atoms. The van der Waals surface area contributed by atoms with Crippen LogP contribution in [0.1, 0.15) is 6.92 Å². The predicted octanol–water partition coefficient (Wildman–Crippen LogP) is 0.672. The van der Waals surface area contributed by atoms with Crippen LogP contribution in [0, 0.1) is 10.1 Å². The summed E-state index contributed by atoms with van der Waals surface area (Å²) >= 11 is 5.09. The molecule has 7 heteroatoms. The molecule has 1 rings (SSSR count). The standard InChI is InChI=1S/C5H6ClN3O3/c1-5(9(11)12)2-3-7-8(5)4(6)10/h2-3,7H,1H3. The maximum atomic E-state index is 10.7. The molecule has 1 heterocycles. The van der Waals surface area contributed by atoms with Crippen LogP contribution < -0.4 is 5.43 Å². The van der Waals surface area contributed by atoms with E-state index in [4.69, 9.17) is 11.6 Å². The molecule has 12 heavy (non-hydrogen) atoms. The SMILES string of the molecule is CC1([N+](=O)[O-])C=CNN1C(=O)Cl. The zero-order chi connectivity index (χ0) is 9.35. The van der Waals surface area contributed by atoms with E-state index in [0.717, 1.165) is 5.01 Å². The summed E-state index contributed by atoms with van der Waals surface area (Å²) in [6, 6.07) is 0. The molecule has 0 aliphatic carbocycles. The lowest BCUT2D eigenvalue weighted by molar-refractivity contribution is -0.575. The van der Waals surface area contributed by atoms with Gasteiger partial charge in [0.05, 0.1) is 4.92 Å². The van der Waals surface area contributed by atoms with Crippen LogP contribution in [0.25, 0.3) is 0 Å². The molecule has 66 valence electrons. The van der Waals surface area contributed by atoms with Gasteiger partial charge in [-0.05, 0) is 11.6 Å². The molecule has 0 saturated heterocycles. The highest BCUT2D eigenvalue weighted by atomic mass is 35.5. The number of amides is 1. The van der Waals surface area contributed by atoms with Gasteiger partial charge >= 0.3 is 11.0 Å². The number of hydrogen-bond acceptors (Lipinski definition) is 4. The molecule has 0 aromatic heterocycles. The van der Waals surface area contributed by atoms with Crippen molar-refractivity contribution in [3.8, 4) is 0 Å². The Morgan fingerprint density at radius 3 is 2.75 bits per heavy atom. The Hall–Kier alpha value is -1.30. The molecular weight excluding hydrogens is 186 g/mol. The lowest BCUT2D eigenvalue weighted by Crippen LogP contribution is -2.53. The van der Waals surface area contributed by atoms with Gasteiger partial charge in [0.1, 0.15) is 0 Å². The van der Waals surface area contributed by atoms with Gasteiger partial charge in [0.2, 0.25) is 0 Å². The first kappa shape index (κ1) is 8.79. The third-order valence-corrected chi connectivity index (χ3v) is 1.77. The molecule has 1 atom stereocenters. The molecule has 0 saturated carbocycles. The summed E-state index contributed by atoms with van der Waals surface area (Å²) in [5.41, 5.74) is 0.773. The Morgan fingerprint density at radius 2 is 2.42 bits per heavy atom. The molecule has 6 nitrogen and oxygen atoms in total. The molecule has 0 radical (unpaired) electrons. The zero-order valence-corrected chi connectivity index (χ0v) is 6.91. The summed E-state index contributed by atoms with van der Waals surface area (Å²) in [6.07, 6.45) is 2.54. The number of carbonyl (C=O) groups is 1. The van der Waals surface area contributed by atoms with Gasteiger partial charge in [-0.1, -0.05) is 0 Å². The Bertz CT molecular complexity index is 267. The number of hydrazine groups is 1. The molecule has 1 aliphatic heterocycles. The Morgan fingerprint density at radius 1 is 1.83 bits per heavy atom. The minimum absolute atomic E-state index is 0.607. The maximum absolute atomic E-state index is 10.7. The van der Waals surface area contributed by atoms with Crippen LogP contribution in [0.2, 0.25) is 0 Å². The largest absolute Gasteiger partial charge is 0.341 e. The highest BCUT2D eigenvalue weighted by Crippen LogP contribution is 2.21. The fraction of sp³-hybridized carbons (Fsp3) is 0.400. The molecule has 0 aromatic carbocycles. The highest BCUT2D eigenvalue weighted by Gasteiger charge is 2.47. The van der Waals surface area contributed by atoms with Crippen LogP contribution in [0.4, 0.5) is 4.79 Å². The molecular formula is C5H6ClN3O3. The molecule has 1 unspecified atom stereocenters. The number of halogens is 1. The van der Waals surface area contributed by atoms with E-state index in [0.29, 0.717) is 0 Å². The van der Waals surface area contributed by atoms with Crippen molar-refractivity contribution in [1.82, 2.24) is 10.4 Å². The van der Waals surface area contributed by atoms with E-state index in [1.165, 1.54) is 19.2 Å². The van der Waals surface area contributed by atoms with Gasteiger partial charge in [-0.2, -0.15) is 5.01 Å². The third-order valence-electron chi connectivity index (χ3n) is 1.60. The van der Waals surface area contributed by atoms with Gasteiger partial charge < -0.3 is 0 Å². The Balaban J connectivity index is 2.95. The smallest absolute Gasteiger partial charge is 0.296 e. The van der Waals surface area contributed by atoms with Crippen molar-refractivity contribution in [3.05, 3.63) is 22.4 Å². The summed E-state index contributed by atoms with van der Waals surface area (Å²) in [4.78, 5) is 20.5. The average molecular weight is 192 g/mol. The van der Waals surface area contributed by atoms with E-state index < -0.39 is 16.0 Å². The average Bonchev–Trinajstić information content (AvgIpc) is 2.32. The Kier molecular flexibility index (Phi) is 1.93. The van der Waals surface area contributed by atoms with Crippen molar-refractivity contribution >= 4 is 17.0 Å². The Labute approximate surface area is 72.9 Å². The number of nitro groups is 1. The van der Waals surface area contributed by atoms with Crippen LogP contribution in [0.5, 0.6) is 0 Å². The van der Waals surface area contributed by atoms with E-state index in [-0.39, 0.29) is 0 Å². The summed E-state index contributed by atoms with van der Waals surface area (Å²) in [5.74, 6) is 0. The molecule has 1 amide bonds. The van der Waals surface area contributed by atoms with Gasteiger partial charge in [0, 0.05) is 19.2 Å². The summed E-state index contributed by atoms with van der Waals surface area (Å²) in [7, 11) is 0. The van der Waals surface area contributed by atoms with E-state index in [9.17, 15) is 14.9 Å². The lowest BCUT2D eigenvalue weighted by Gasteiger charge is -2.23. The topological polar surface area (TPSA) is 75.5 Å². The number of rotatable bonds is 1. The quantitative estimate of drug-likeness (QED) is 0.286.